The van der Waals surface area contributed by atoms with Crippen molar-refractivity contribution in [1.29, 1.82) is 0 Å². The molecule has 7 heteroatoms. The fourth-order valence-electron chi connectivity index (χ4n) is 2.88. The molecule has 0 radical (unpaired) electrons. The second-order valence-corrected chi connectivity index (χ2v) is 7.77. The van der Waals surface area contributed by atoms with Crippen LogP contribution in [0.1, 0.15) is 13.3 Å². The van der Waals surface area contributed by atoms with E-state index in [0.29, 0.717) is 24.4 Å². The summed E-state index contributed by atoms with van der Waals surface area (Å²) in [7, 11) is -3.46. The Morgan fingerprint density at radius 1 is 1.17 bits per heavy atom. The summed E-state index contributed by atoms with van der Waals surface area (Å²) in [6, 6.07) is 13.0. The molecule has 5 nitrogen and oxygen atoms in total. The molecule has 130 valence electrons. The van der Waals surface area contributed by atoms with Crippen LogP contribution >= 0.6 is 10.8 Å². The molecule has 2 aromatic rings. The molecule has 3 rings (SSSR count). The fourth-order valence-corrected chi connectivity index (χ4v) is 4.96. The molecule has 0 bridgehead atoms. The summed E-state index contributed by atoms with van der Waals surface area (Å²) in [6.07, 6.45) is 0.563. The number of para-hydroxylation sites is 3. The van der Waals surface area contributed by atoms with Crippen LogP contribution in [0.15, 0.2) is 48.5 Å². The largest absolute Gasteiger partial charge is 0.466 e. The number of fused-ring (bicyclic) bond motifs is 1. The maximum absolute atomic E-state index is 14.4. The van der Waals surface area contributed by atoms with Gasteiger partial charge in [-0.3, -0.25) is 9.11 Å². The SMILES string of the molecule is CC(CCN)C1Oc2ccccc2N(c2ccccc2F)S1(O)O. The number of anilines is 2. The first kappa shape index (κ1) is 17.0. The van der Waals surface area contributed by atoms with Crippen LogP contribution in [0.5, 0.6) is 5.75 Å². The maximum Gasteiger partial charge on any atom is 0.209 e. The van der Waals surface area contributed by atoms with Crippen LogP contribution in [-0.4, -0.2) is 21.1 Å². The molecule has 1 heterocycles. The Kier molecular flexibility index (Phi) is 4.69. The minimum absolute atomic E-state index is 0.109. The zero-order valence-electron chi connectivity index (χ0n) is 13.3. The number of nitrogens with two attached hydrogens (primary N) is 1. The lowest BCUT2D eigenvalue weighted by Gasteiger charge is -2.53. The Balaban J connectivity index is 2.15. The first-order valence-corrected chi connectivity index (χ1v) is 9.31. The first-order chi connectivity index (χ1) is 11.5. The van der Waals surface area contributed by atoms with E-state index in [-0.39, 0.29) is 11.6 Å². The third-order valence-corrected chi connectivity index (χ3v) is 6.18. The van der Waals surface area contributed by atoms with Gasteiger partial charge in [0.1, 0.15) is 17.3 Å². The lowest BCUT2D eigenvalue weighted by Crippen LogP contribution is -2.43. The van der Waals surface area contributed by atoms with Crippen LogP contribution in [0.2, 0.25) is 0 Å². The van der Waals surface area contributed by atoms with Gasteiger partial charge in [-0.1, -0.05) is 42.0 Å². The summed E-state index contributed by atoms with van der Waals surface area (Å²) in [5, 5.41) is 0. The molecule has 0 fully saturated rings. The molecular weight excluding hydrogens is 331 g/mol. The summed E-state index contributed by atoms with van der Waals surface area (Å²) in [6.45, 7) is 2.25. The van der Waals surface area contributed by atoms with Crippen LogP contribution in [0, 0.1) is 11.7 Å². The predicted octanol–water partition coefficient (Wildman–Crippen LogP) is 4.33. The minimum atomic E-state index is -3.46. The second kappa shape index (κ2) is 6.60. The molecular formula is C17H21FN2O3S. The van der Waals surface area contributed by atoms with E-state index in [2.05, 4.69) is 0 Å². The molecule has 1 aliphatic heterocycles. The number of nitrogens with zero attached hydrogens (tertiary/aromatic N) is 1. The molecule has 24 heavy (non-hydrogen) atoms. The van der Waals surface area contributed by atoms with Gasteiger partial charge < -0.3 is 10.5 Å². The van der Waals surface area contributed by atoms with Crippen molar-refractivity contribution in [2.75, 3.05) is 10.8 Å². The molecule has 2 atom stereocenters. The molecule has 0 amide bonds. The van der Waals surface area contributed by atoms with Gasteiger partial charge in [-0.05, 0) is 37.2 Å². The Morgan fingerprint density at radius 2 is 1.79 bits per heavy atom. The Bertz CT molecular complexity index is 728. The van der Waals surface area contributed by atoms with Crippen LogP contribution in [0.25, 0.3) is 0 Å². The average molecular weight is 352 g/mol. The van der Waals surface area contributed by atoms with Gasteiger partial charge >= 0.3 is 0 Å². The topological polar surface area (TPSA) is 79.0 Å². The summed E-state index contributed by atoms with van der Waals surface area (Å²) >= 11 is 0. The van der Waals surface area contributed by atoms with Crippen molar-refractivity contribution in [2.45, 2.75) is 18.8 Å². The van der Waals surface area contributed by atoms with Crippen molar-refractivity contribution in [2.24, 2.45) is 11.7 Å². The highest BCUT2D eigenvalue weighted by atomic mass is 32.3. The zero-order chi connectivity index (χ0) is 17.3. The van der Waals surface area contributed by atoms with Crippen molar-refractivity contribution < 1.29 is 18.2 Å². The monoisotopic (exact) mass is 352 g/mol. The number of ether oxygens (including phenoxy) is 1. The lowest BCUT2D eigenvalue weighted by atomic mass is 10.1. The van der Waals surface area contributed by atoms with Crippen LogP contribution in [0.3, 0.4) is 0 Å². The lowest BCUT2D eigenvalue weighted by molar-refractivity contribution is 0.189. The molecule has 1 aliphatic rings. The number of benzene rings is 2. The summed E-state index contributed by atoms with van der Waals surface area (Å²) in [4.78, 5) is 0. The Hall–Kier alpha value is -1.80. The first-order valence-electron chi connectivity index (χ1n) is 7.74. The van der Waals surface area contributed by atoms with Crippen molar-refractivity contribution in [1.82, 2.24) is 0 Å². The van der Waals surface area contributed by atoms with Gasteiger partial charge in [0.2, 0.25) is 5.44 Å². The summed E-state index contributed by atoms with van der Waals surface area (Å²) in [5.74, 6) is -0.247. The standard InChI is InChI=1S/C17H21FN2O3S/c1-12(10-11-19)17-23-16-9-5-4-8-15(16)20(24(17,21)22)14-7-3-2-6-13(14)18/h2-9,12,17,21-22H,10-11,19H2,1H3. The average Bonchev–Trinajstić information content (AvgIpc) is 2.55. The number of halogens is 1. The highest BCUT2D eigenvalue weighted by Gasteiger charge is 2.44. The number of hydrogen-bond donors (Lipinski definition) is 3. The zero-order valence-corrected chi connectivity index (χ0v) is 14.1. The van der Waals surface area contributed by atoms with Crippen molar-refractivity contribution in [3.05, 3.63) is 54.3 Å². The van der Waals surface area contributed by atoms with Crippen molar-refractivity contribution >= 4 is 22.2 Å². The van der Waals surface area contributed by atoms with Gasteiger partial charge in [0.25, 0.3) is 0 Å². The van der Waals surface area contributed by atoms with E-state index in [1.54, 1.807) is 36.4 Å². The number of rotatable bonds is 4. The third kappa shape index (κ3) is 2.84. The van der Waals surface area contributed by atoms with E-state index in [1.807, 2.05) is 6.92 Å². The normalized spacial score (nSPS) is 21.5. The van der Waals surface area contributed by atoms with E-state index < -0.39 is 22.0 Å². The molecule has 0 saturated carbocycles. The molecule has 0 spiro atoms. The summed E-state index contributed by atoms with van der Waals surface area (Å²) in [5.41, 5.74) is 5.25. The Morgan fingerprint density at radius 3 is 2.46 bits per heavy atom. The molecule has 0 aliphatic carbocycles. The molecule has 0 saturated heterocycles. The molecule has 2 unspecified atom stereocenters. The van der Waals surface area contributed by atoms with E-state index in [0.717, 1.165) is 0 Å². The fraction of sp³-hybridized carbons (Fsp3) is 0.294. The van der Waals surface area contributed by atoms with Gasteiger partial charge in [0, 0.05) is 5.92 Å². The minimum Gasteiger partial charge on any atom is -0.466 e. The van der Waals surface area contributed by atoms with Crippen LogP contribution in [-0.2, 0) is 0 Å². The third-order valence-electron chi connectivity index (χ3n) is 4.07. The van der Waals surface area contributed by atoms with Crippen LogP contribution in [0.4, 0.5) is 15.8 Å². The molecule has 4 N–H and O–H groups in total. The second-order valence-electron chi connectivity index (χ2n) is 5.82. The molecule has 0 aromatic heterocycles. The van der Waals surface area contributed by atoms with Crippen LogP contribution < -0.4 is 14.8 Å². The smallest absolute Gasteiger partial charge is 0.209 e. The Labute approximate surface area is 142 Å². The van der Waals surface area contributed by atoms with Crippen molar-refractivity contribution in [3.8, 4) is 5.75 Å². The van der Waals surface area contributed by atoms with E-state index >= 15 is 0 Å². The predicted molar refractivity (Wildman–Crippen MR) is 95.1 cm³/mol. The van der Waals surface area contributed by atoms with E-state index in [9.17, 15) is 13.5 Å². The number of hydrogen-bond acceptors (Lipinski definition) is 5. The maximum atomic E-state index is 14.4. The molecule has 2 aromatic carbocycles. The van der Waals surface area contributed by atoms with Gasteiger partial charge in [0.05, 0.1) is 5.69 Å². The summed E-state index contributed by atoms with van der Waals surface area (Å²) < 4.78 is 43.4. The van der Waals surface area contributed by atoms with Gasteiger partial charge in [-0.25, -0.2) is 8.70 Å². The van der Waals surface area contributed by atoms with Crippen molar-refractivity contribution in [3.63, 3.8) is 0 Å². The van der Waals surface area contributed by atoms with Gasteiger partial charge in [0.15, 0.2) is 0 Å². The van der Waals surface area contributed by atoms with E-state index in [4.69, 9.17) is 10.5 Å². The highest BCUT2D eigenvalue weighted by molar-refractivity contribution is 8.26. The van der Waals surface area contributed by atoms with Gasteiger partial charge in [-0.15, -0.1) is 0 Å². The highest BCUT2D eigenvalue weighted by Crippen LogP contribution is 2.62. The van der Waals surface area contributed by atoms with E-state index in [1.165, 1.54) is 16.4 Å². The van der Waals surface area contributed by atoms with Gasteiger partial charge in [-0.2, -0.15) is 0 Å². The quantitative estimate of drug-likeness (QED) is 0.763.